The van der Waals surface area contributed by atoms with Gasteiger partial charge < -0.3 is 15.4 Å². The first-order valence-corrected chi connectivity index (χ1v) is 6.86. The van der Waals surface area contributed by atoms with Gasteiger partial charge in [0.25, 0.3) is 0 Å². The maximum Gasteiger partial charge on any atom is 0.341 e. The number of anilines is 1. The Morgan fingerprint density at radius 1 is 1.50 bits per heavy atom. The fourth-order valence-electron chi connectivity index (χ4n) is 1.47. The summed E-state index contributed by atoms with van der Waals surface area (Å²) in [5.74, 6) is -0.529. The van der Waals surface area contributed by atoms with Crippen molar-refractivity contribution in [2.75, 3.05) is 18.5 Å². The normalized spacial score (nSPS) is 14.3. The average Bonchev–Trinajstić information content (AvgIpc) is 3.06. The lowest BCUT2D eigenvalue weighted by atomic mass is 10.3. The van der Waals surface area contributed by atoms with E-state index in [1.54, 1.807) is 18.4 Å². The van der Waals surface area contributed by atoms with E-state index in [-0.39, 0.29) is 12.5 Å². The topological polar surface area (TPSA) is 67.4 Å². The van der Waals surface area contributed by atoms with Crippen molar-refractivity contribution in [3.63, 3.8) is 0 Å². The molecule has 5 nitrogen and oxygen atoms in total. The Hall–Kier alpha value is -1.40. The zero-order valence-electron chi connectivity index (χ0n) is 10.2. The van der Waals surface area contributed by atoms with E-state index in [0.29, 0.717) is 23.2 Å². The summed E-state index contributed by atoms with van der Waals surface area (Å²) in [6.45, 7) is 2.36. The van der Waals surface area contributed by atoms with E-state index in [1.807, 2.05) is 0 Å². The second kappa shape index (κ2) is 5.97. The Kier molecular flexibility index (Phi) is 4.33. The molecule has 0 saturated heterocycles. The summed E-state index contributed by atoms with van der Waals surface area (Å²) in [7, 11) is 0. The van der Waals surface area contributed by atoms with Gasteiger partial charge in [0, 0.05) is 6.04 Å². The number of hydrogen-bond acceptors (Lipinski definition) is 5. The van der Waals surface area contributed by atoms with E-state index < -0.39 is 5.97 Å². The van der Waals surface area contributed by atoms with Crippen LogP contribution in [0.15, 0.2) is 11.4 Å². The third kappa shape index (κ3) is 3.54. The minimum atomic E-state index is -0.399. The lowest BCUT2D eigenvalue weighted by Crippen LogP contribution is -2.29. The van der Waals surface area contributed by atoms with Crippen LogP contribution in [0.1, 0.15) is 30.1 Å². The number of thiophene rings is 1. The van der Waals surface area contributed by atoms with Crippen LogP contribution in [0.2, 0.25) is 0 Å². The minimum Gasteiger partial charge on any atom is -0.462 e. The van der Waals surface area contributed by atoms with Crippen molar-refractivity contribution in [2.45, 2.75) is 25.8 Å². The number of ether oxygens (including phenoxy) is 1. The number of esters is 1. The molecule has 1 aliphatic rings. The van der Waals surface area contributed by atoms with E-state index >= 15 is 0 Å². The van der Waals surface area contributed by atoms with Crippen LogP contribution in [0.4, 0.5) is 5.00 Å². The van der Waals surface area contributed by atoms with E-state index in [1.165, 1.54) is 11.3 Å². The molecule has 0 aromatic carbocycles. The van der Waals surface area contributed by atoms with E-state index in [0.717, 1.165) is 12.8 Å². The molecule has 2 rings (SSSR count). The lowest BCUT2D eigenvalue weighted by Gasteiger charge is -2.06. The summed E-state index contributed by atoms with van der Waals surface area (Å²) in [5, 5.41) is 8.16. The van der Waals surface area contributed by atoms with Crippen LogP contribution in [0.25, 0.3) is 0 Å². The van der Waals surface area contributed by atoms with Gasteiger partial charge in [-0.15, -0.1) is 11.3 Å². The molecule has 0 bridgehead atoms. The first-order valence-electron chi connectivity index (χ1n) is 5.98. The molecule has 1 aromatic heterocycles. The van der Waals surface area contributed by atoms with Crippen LogP contribution in [-0.2, 0) is 9.53 Å². The van der Waals surface area contributed by atoms with Crippen molar-refractivity contribution >= 4 is 28.2 Å². The molecule has 1 saturated carbocycles. The molecule has 1 heterocycles. The first kappa shape index (κ1) is 13.0. The van der Waals surface area contributed by atoms with Crippen LogP contribution in [0.3, 0.4) is 0 Å². The summed E-state index contributed by atoms with van der Waals surface area (Å²) >= 11 is 1.32. The highest BCUT2D eigenvalue weighted by Gasteiger charge is 2.22. The van der Waals surface area contributed by atoms with Crippen molar-refractivity contribution in [1.82, 2.24) is 5.32 Å². The molecule has 6 heteroatoms. The highest BCUT2D eigenvalue weighted by Crippen LogP contribution is 2.24. The highest BCUT2D eigenvalue weighted by molar-refractivity contribution is 7.14. The van der Waals surface area contributed by atoms with Crippen molar-refractivity contribution in [1.29, 1.82) is 0 Å². The third-order valence-corrected chi connectivity index (χ3v) is 3.37. The van der Waals surface area contributed by atoms with Gasteiger partial charge in [0.1, 0.15) is 5.00 Å². The highest BCUT2D eigenvalue weighted by atomic mass is 32.1. The van der Waals surface area contributed by atoms with Crippen LogP contribution in [0.5, 0.6) is 0 Å². The fraction of sp³-hybridized carbons (Fsp3) is 0.500. The van der Waals surface area contributed by atoms with Gasteiger partial charge in [-0.1, -0.05) is 0 Å². The number of nitrogens with one attached hydrogen (secondary N) is 2. The summed E-state index contributed by atoms with van der Waals surface area (Å²) in [6, 6.07) is 2.15. The fourth-order valence-corrected chi connectivity index (χ4v) is 2.26. The van der Waals surface area contributed by atoms with Gasteiger partial charge in [-0.25, -0.2) is 4.79 Å². The zero-order valence-corrected chi connectivity index (χ0v) is 11.0. The van der Waals surface area contributed by atoms with Crippen molar-refractivity contribution in [2.24, 2.45) is 0 Å². The number of carbonyl (C=O) groups excluding carboxylic acids is 2. The zero-order chi connectivity index (χ0) is 13.0. The largest absolute Gasteiger partial charge is 0.462 e. The van der Waals surface area contributed by atoms with Crippen LogP contribution in [0, 0.1) is 0 Å². The smallest absolute Gasteiger partial charge is 0.341 e. The number of amides is 1. The molecule has 1 aliphatic carbocycles. The molecule has 98 valence electrons. The van der Waals surface area contributed by atoms with Crippen LogP contribution >= 0.6 is 11.3 Å². The second-order valence-electron chi connectivity index (χ2n) is 4.09. The number of carbonyl (C=O) groups is 2. The van der Waals surface area contributed by atoms with Gasteiger partial charge in [0.15, 0.2) is 0 Å². The molecule has 0 atom stereocenters. The Bertz CT molecular complexity index is 440. The van der Waals surface area contributed by atoms with E-state index in [4.69, 9.17) is 4.74 Å². The van der Waals surface area contributed by atoms with Crippen molar-refractivity contribution < 1.29 is 14.3 Å². The molecule has 0 spiro atoms. The monoisotopic (exact) mass is 268 g/mol. The standard InChI is InChI=1S/C12H16N2O3S/c1-2-17-12(16)9-5-6-18-11(9)14-10(15)7-13-8-3-4-8/h5-6,8,13H,2-4,7H2,1H3,(H,14,15). The molecule has 0 aliphatic heterocycles. The minimum absolute atomic E-state index is 0.130. The molecule has 2 N–H and O–H groups in total. The lowest BCUT2D eigenvalue weighted by molar-refractivity contribution is -0.115. The van der Waals surface area contributed by atoms with E-state index in [2.05, 4.69) is 10.6 Å². The van der Waals surface area contributed by atoms with Crippen LogP contribution < -0.4 is 10.6 Å². The second-order valence-corrected chi connectivity index (χ2v) is 5.00. The Balaban J connectivity index is 1.89. The molecule has 0 unspecified atom stereocenters. The van der Waals surface area contributed by atoms with Gasteiger partial charge in [-0.05, 0) is 31.2 Å². The molecule has 0 radical (unpaired) electrons. The summed E-state index contributed by atoms with van der Waals surface area (Å²) < 4.78 is 4.92. The maximum atomic E-state index is 11.7. The quantitative estimate of drug-likeness (QED) is 0.769. The summed E-state index contributed by atoms with van der Waals surface area (Å²) in [5.41, 5.74) is 0.418. The predicted molar refractivity (Wildman–Crippen MR) is 69.9 cm³/mol. The van der Waals surface area contributed by atoms with Gasteiger partial charge in [-0.2, -0.15) is 0 Å². The summed E-state index contributed by atoms with van der Waals surface area (Å²) in [4.78, 5) is 23.3. The molecular formula is C12H16N2O3S. The Morgan fingerprint density at radius 2 is 2.28 bits per heavy atom. The van der Waals surface area contributed by atoms with Crippen molar-refractivity contribution in [3.8, 4) is 0 Å². The maximum absolute atomic E-state index is 11.7. The number of rotatable bonds is 6. The first-order chi connectivity index (χ1) is 8.70. The SMILES string of the molecule is CCOC(=O)c1ccsc1NC(=O)CNC1CC1. The Morgan fingerprint density at radius 3 is 2.94 bits per heavy atom. The summed E-state index contributed by atoms with van der Waals surface area (Å²) in [6.07, 6.45) is 2.28. The molecule has 1 aromatic rings. The molecule has 1 amide bonds. The van der Waals surface area contributed by atoms with Gasteiger partial charge in [0.05, 0.1) is 18.7 Å². The molecular weight excluding hydrogens is 252 g/mol. The predicted octanol–water partition coefficient (Wildman–Crippen LogP) is 1.62. The van der Waals surface area contributed by atoms with Crippen LogP contribution in [-0.4, -0.2) is 31.1 Å². The molecule has 1 fully saturated rings. The number of hydrogen-bond donors (Lipinski definition) is 2. The van der Waals surface area contributed by atoms with E-state index in [9.17, 15) is 9.59 Å². The Labute approximate surface area is 110 Å². The average molecular weight is 268 g/mol. The third-order valence-electron chi connectivity index (χ3n) is 2.54. The van der Waals surface area contributed by atoms with Gasteiger partial charge in [-0.3, -0.25) is 4.79 Å². The molecule has 18 heavy (non-hydrogen) atoms. The van der Waals surface area contributed by atoms with Gasteiger partial charge >= 0.3 is 5.97 Å². The van der Waals surface area contributed by atoms with Crippen molar-refractivity contribution in [3.05, 3.63) is 17.0 Å². The van der Waals surface area contributed by atoms with Gasteiger partial charge in [0.2, 0.25) is 5.91 Å².